The third kappa shape index (κ3) is 3.37. The topological polar surface area (TPSA) is 99.4 Å². The molecule has 0 aliphatic rings. The Hall–Kier alpha value is -3.87. The summed E-state index contributed by atoms with van der Waals surface area (Å²) in [6.45, 7) is 0.344. The van der Waals surface area contributed by atoms with Gasteiger partial charge in [0, 0.05) is 10.9 Å². The molecule has 140 valence electrons. The van der Waals surface area contributed by atoms with E-state index >= 15 is 0 Å². The Labute approximate surface area is 159 Å². The van der Waals surface area contributed by atoms with Crippen LogP contribution < -0.4 is 5.56 Å². The van der Waals surface area contributed by atoms with E-state index in [1.165, 1.54) is 11.2 Å². The summed E-state index contributed by atoms with van der Waals surface area (Å²) in [6, 6.07) is 17.1. The molecular formula is C21H17N3O4. The molecule has 0 saturated heterocycles. The van der Waals surface area contributed by atoms with Crippen LogP contribution in [-0.2, 0) is 13.1 Å². The monoisotopic (exact) mass is 375 g/mol. The first kappa shape index (κ1) is 17.5. The zero-order chi connectivity index (χ0) is 19.5. The zero-order valence-electron chi connectivity index (χ0n) is 14.8. The normalized spacial score (nSPS) is 10.9. The van der Waals surface area contributed by atoms with Gasteiger partial charge in [-0.05, 0) is 24.3 Å². The first-order valence-corrected chi connectivity index (χ1v) is 8.69. The van der Waals surface area contributed by atoms with E-state index in [9.17, 15) is 14.7 Å². The minimum absolute atomic E-state index is 0.0963. The minimum atomic E-state index is -0.382. The number of nitrogens with one attached hydrogen (secondary N) is 1. The summed E-state index contributed by atoms with van der Waals surface area (Å²) in [7, 11) is 0. The molecule has 0 atom stereocenters. The number of nitrogens with zero attached hydrogens (tertiary/aromatic N) is 2. The van der Waals surface area contributed by atoms with Gasteiger partial charge in [0.05, 0.1) is 24.7 Å². The van der Waals surface area contributed by atoms with E-state index < -0.39 is 0 Å². The van der Waals surface area contributed by atoms with Crippen molar-refractivity contribution in [3.05, 3.63) is 94.3 Å². The van der Waals surface area contributed by atoms with Crippen LogP contribution in [0.15, 0.2) is 76.1 Å². The average Bonchev–Trinajstić information content (AvgIpc) is 3.22. The fourth-order valence-corrected chi connectivity index (χ4v) is 3.07. The van der Waals surface area contributed by atoms with E-state index in [1.54, 1.807) is 60.7 Å². The number of benzene rings is 2. The number of hydrogen-bond donors (Lipinski definition) is 2. The molecule has 7 nitrogen and oxygen atoms in total. The van der Waals surface area contributed by atoms with E-state index in [0.29, 0.717) is 22.1 Å². The molecule has 0 unspecified atom stereocenters. The number of rotatable bonds is 5. The van der Waals surface area contributed by atoms with Gasteiger partial charge in [-0.15, -0.1) is 0 Å². The summed E-state index contributed by atoms with van der Waals surface area (Å²) < 4.78 is 5.39. The molecule has 2 heterocycles. The number of phenolic OH excluding ortho intramolecular Hbond substituents is 1. The first-order chi connectivity index (χ1) is 13.6. The number of phenols is 1. The summed E-state index contributed by atoms with van der Waals surface area (Å²) in [5.41, 5.74) is 0.374. The zero-order valence-corrected chi connectivity index (χ0v) is 14.8. The molecule has 4 rings (SSSR count). The Morgan fingerprint density at radius 2 is 1.75 bits per heavy atom. The number of para-hydroxylation sites is 1. The van der Waals surface area contributed by atoms with Crippen LogP contribution >= 0.6 is 0 Å². The van der Waals surface area contributed by atoms with Crippen molar-refractivity contribution < 1.29 is 14.3 Å². The van der Waals surface area contributed by atoms with Crippen LogP contribution in [0.5, 0.6) is 5.75 Å². The van der Waals surface area contributed by atoms with Gasteiger partial charge in [0.25, 0.3) is 11.5 Å². The highest BCUT2D eigenvalue weighted by atomic mass is 16.3. The molecule has 28 heavy (non-hydrogen) atoms. The van der Waals surface area contributed by atoms with Crippen LogP contribution in [0.1, 0.15) is 21.8 Å². The molecule has 0 radical (unpaired) electrons. The van der Waals surface area contributed by atoms with Crippen molar-refractivity contribution in [3.8, 4) is 5.75 Å². The number of carbonyl (C=O) groups excluding carboxylic acids is 1. The van der Waals surface area contributed by atoms with Crippen LogP contribution in [0.3, 0.4) is 0 Å². The SMILES string of the molecule is O=C(c1n[nH]c(=O)c2ccccc12)N(Cc1ccco1)Cc1ccccc1O. The highest BCUT2D eigenvalue weighted by Gasteiger charge is 2.23. The lowest BCUT2D eigenvalue weighted by Crippen LogP contribution is -2.32. The lowest BCUT2D eigenvalue weighted by molar-refractivity contribution is 0.0711. The third-order valence-corrected chi connectivity index (χ3v) is 4.47. The number of aromatic nitrogens is 2. The van der Waals surface area contributed by atoms with Gasteiger partial charge < -0.3 is 14.4 Å². The Morgan fingerprint density at radius 1 is 1.00 bits per heavy atom. The largest absolute Gasteiger partial charge is 0.508 e. The lowest BCUT2D eigenvalue weighted by atomic mass is 10.1. The van der Waals surface area contributed by atoms with Crippen molar-refractivity contribution in [1.82, 2.24) is 15.1 Å². The fourth-order valence-electron chi connectivity index (χ4n) is 3.07. The lowest BCUT2D eigenvalue weighted by Gasteiger charge is -2.22. The van der Waals surface area contributed by atoms with Gasteiger partial charge in [-0.3, -0.25) is 9.59 Å². The molecule has 4 aromatic rings. The molecule has 0 aliphatic carbocycles. The maximum atomic E-state index is 13.3. The molecule has 0 spiro atoms. The smallest absolute Gasteiger partial charge is 0.275 e. The maximum absolute atomic E-state index is 13.3. The van der Waals surface area contributed by atoms with E-state index in [4.69, 9.17) is 4.42 Å². The van der Waals surface area contributed by atoms with E-state index in [-0.39, 0.29) is 36.0 Å². The molecule has 2 N–H and O–H groups in total. The number of aromatic hydroxyl groups is 1. The van der Waals surface area contributed by atoms with Gasteiger partial charge in [0.15, 0.2) is 5.69 Å². The number of amides is 1. The number of hydrogen-bond acceptors (Lipinski definition) is 5. The molecule has 0 aliphatic heterocycles. The summed E-state index contributed by atoms with van der Waals surface area (Å²) in [6.07, 6.45) is 1.53. The van der Waals surface area contributed by atoms with Crippen LogP contribution in [-0.4, -0.2) is 26.1 Å². The molecule has 1 amide bonds. The number of carbonyl (C=O) groups is 1. The predicted octanol–water partition coefficient (Wildman–Crippen LogP) is 3.06. The van der Waals surface area contributed by atoms with Gasteiger partial charge in [0.2, 0.25) is 0 Å². The predicted molar refractivity (Wildman–Crippen MR) is 103 cm³/mol. The van der Waals surface area contributed by atoms with Crippen LogP contribution in [0, 0.1) is 0 Å². The van der Waals surface area contributed by atoms with Crippen molar-refractivity contribution in [2.45, 2.75) is 13.1 Å². The van der Waals surface area contributed by atoms with Crippen molar-refractivity contribution in [2.75, 3.05) is 0 Å². The first-order valence-electron chi connectivity index (χ1n) is 8.69. The van der Waals surface area contributed by atoms with Gasteiger partial charge in [0.1, 0.15) is 11.5 Å². The Balaban J connectivity index is 1.76. The molecule has 0 bridgehead atoms. The molecule has 0 saturated carbocycles. The second kappa shape index (κ2) is 7.40. The number of H-pyrrole nitrogens is 1. The molecule has 2 aromatic carbocycles. The fraction of sp³-hybridized carbons (Fsp3) is 0.0952. The van der Waals surface area contributed by atoms with Crippen LogP contribution in [0.4, 0.5) is 0 Å². The summed E-state index contributed by atoms with van der Waals surface area (Å²) in [5.74, 6) is 0.309. The van der Waals surface area contributed by atoms with Gasteiger partial charge in [-0.25, -0.2) is 5.10 Å². The molecule has 7 heteroatoms. The van der Waals surface area contributed by atoms with Crippen molar-refractivity contribution in [3.63, 3.8) is 0 Å². The average molecular weight is 375 g/mol. The summed E-state index contributed by atoms with van der Waals surface area (Å²) in [4.78, 5) is 26.9. The van der Waals surface area contributed by atoms with Gasteiger partial charge in [-0.1, -0.05) is 36.4 Å². The maximum Gasteiger partial charge on any atom is 0.275 e. The van der Waals surface area contributed by atoms with E-state index in [0.717, 1.165) is 0 Å². The Morgan fingerprint density at radius 3 is 2.50 bits per heavy atom. The quantitative estimate of drug-likeness (QED) is 0.558. The highest BCUT2D eigenvalue weighted by molar-refractivity contribution is 6.04. The van der Waals surface area contributed by atoms with Crippen molar-refractivity contribution >= 4 is 16.7 Å². The number of fused-ring (bicyclic) bond motifs is 1. The molecule has 0 fully saturated rings. The van der Waals surface area contributed by atoms with E-state index in [2.05, 4.69) is 10.2 Å². The summed E-state index contributed by atoms with van der Waals surface area (Å²) >= 11 is 0. The van der Waals surface area contributed by atoms with Crippen molar-refractivity contribution in [1.29, 1.82) is 0 Å². The van der Waals surface area contributed by atoms with Gasteiger partial charge in [-0.2, -0.15) is 5.10 Å². The van der Waals surface area contributed by atoms with Crippen LogP contribution in [0.25, 0.3) is 10.8 Å². The number of aromatic amines is 1. The molecule has 2 aromatic heterocycles. The minimum Gasteiger partial charge on any atom is -0.508 e. The second-order valence-corrected chi connectivity index (χ2v) is 6.32. The second-order valence-electron chi connectivity index (χ2n) is 6.32. The van der Waals surface area contributed by atoms with Gasteiger partial charge >= 0.3 is 0 Å². The Kier molecular flexibility index (Phi) is 4.63. The van der Waals surface area contributed by atoms with E-state index in [1.807, 2.05) is 0 Å². The third-order valence-electron chi connectivity index (χ3n) is 4.47. The Bertz CT molecular complexity index is 1180. The molecular weight excluding hydrogens is 358 g/mol. The van der Waals surface area contributed by atoms with Crippen molar-refractivity contribution in [2.24, 2.45) is 0 Å². The highest BCUT2D eigenvalue weighted by Crippen LogP contribution is 2.22. The van der Waals surface area contributed by atoms with Crippen LogP contribution in [0.2, 0.25) is 0 Å². The standard InChI is InChI=1S/C21H17N3O4/c25-18-10-4-1-6-14(18)12-24(13-15-7-5-11-28-15)21(27)19-16-8-2-3-9-17(16)20(26)23-22-19/h1-11,25H,12-13H2,(H,23,26). The number of furan rings is 1. The summed E-state index contributed by atoms with van der Waals surface area (Å²) in [5, 5.41) is 17.4.